The molecule has 0 saturated heterocycles. The lowest BCUT2D eigenvalue weighted by Crippen LogP contribution is -2.11. The lowest BCUT2D eigenvalue weighted by Gasteiger charge is -2.23. The standard InChI is InChI=1S/C44H60N4O4/c45-21-1-5-25-49-41-33-13-9-14-34(41)30-36-16-11-18-38(43(36)51-27-7-3-23-47)32-40-20-12-19-39(44(40)52-28-8-4-24-48)31-37-17-10-15-35(29-33)42(37)50-26-6-2-22-46/h9-20H,1-8,21-32,45-48H2. The lowest BCUT2D eigenvalue weighted by atomic mass is 9.91. The van der Waals surface area contributed by atoms with Gasteiger partial charge in [-0.2, -0.15) is 0 Å². The average molecular weight is 709 g/mol. The van der Waals surface area contributed by atoms with Crippen molar-refractivity contribution in [1.29, 1.82) is 0 Å². The van der Waals surface area contributed by atoms with Crippen LogP contribution in [0.15, 0.2) is 72.8 Å². The summed E-state index contributed by atoms with van der Waals surface area (Å²) in [6, 6.07) is 26.1. The molecule has 8 N–H and O–H groups in total. The van der Waals surface area contributed by atoms with Crippen molar-refractivity contribution < 1.29 is 18.9 Å². The molecule has 0 saturated carbocycles. The maximum absolute atomic E-state index is 6.68. The summed E-state index contributed by atoms with van der Waals surface area (Å²) in [5.74, 6) is 3.74. The van der Waals surface area contributed by atoms with Gasteiger partial charge in [0.05, 0.1) is 26.4 Å². The van der Waals surface area contributed by atoms with E-state index in [1.54, 1.807) is 0 Å². The number of hydrogen-bond donors (Lipinski definition) is 4. The maximum Gasteiger partial charge on any atom is 0.126 e. The van der Waals surface area contributed by atoms with Gasteiger partial charge in [-0.3, -0.25) is 0 Å². The molecule has 52 heavy (non-hydrogen) atoms. The highest BCUT2D eigenvalue weighted by molar-refractivity contribution is 5.56. The SMILES string of the molecule is NCCCCOc1c2cccc1Cc1cccc(c1OCCCCN)Cc1cccc(c1OCCCCN)Cc1cccc(c1OCCCCN)C2. The summed E-state index contributed by atoms with van der Waals surface area (Å²) >= 11 is 0. The first kappa shape index (κ1) is 39.1. The monoisotopic (exact) mass is 708 g/mol. The van der Waals surface area contributed by atoms with Gasteiger partial charge in [-0.25, -0.2) is 0 Å². The topological polar surface area (TPSA) is 141 Å². The smallest absolute Gasteiger partial charge is 0.126 e. The Balaban J connectivity index is 1.67. The molecule has 0 radical (unpaired) electrons. The molecule has 0 fully saturated rings. The highest BCUT2D eigenvalue weighted by Crippen LogP contribution is 2.39. The largest absolute Gasteiger partial charge is 0.493 e. The van der Waals surface area contributed by atoms with Crippen LogP contribution in [0.4, 0.5) is 0 Å². The first-order valence-corrected chi connectivity index (χ1v) is 19.4. The first-order chi connectivity index (χ1) is 25.7. The van der Waals surface area contributed by atoms with Crippen LogP contribution in [0.1, 0.15) is 95.9 Å². The molecule has 0 atom stereocenters. The van der Waals surface area contributed by atoms with E-state index in [9.17, 15) is 0 Å². The van der Waals surface area contributed by atoms with Crippen LogP contribution in [0.3, 0.4) is 0 Å². The predicted molar refractivity (Wildman–Crippen MR) is 212 cm³/mol. The Morgan fingerprint density at radius 2 is 0.500 bits per heavy atom. The molecule has 0 unspecified atom stereocenters. The van der Waals surface area contributed by atoms with E-state index in [1.807, 2.05) is 0 Å². The molecule has 8 heteroatoms. The lowest BCUT2D eigenvalue weighted by molar-refractivity contribution is 0.296. The molecular weight excluding hydrogens is 649 g/mol. The van der Waals surface area contributed by atoms with Crippen molar-refractivity contribution in [2.75, 3.05) is 52.6 Å². The Kier molecular flexibility index (Phi) is 16.1. The van der Waals surface area contributed by atoms with Gasteiger partial charge in [0.1, 0.15) is 23.0 Å². The minimum atomic E-state index is 0.606. The zero-order chi connectivity index (χ0) is 36.4. The number of ether oxygens (including phenoxy) is 4. The fourth-order valence-corrected chi connectivity index (χ4v) is 6.91. The highest BCUT2D eigenvalue weighted by Gasteiger charge is 2.21. The van der Waals surface area contributed by atoms with Gasteiger partial charge in [0, 0.05) is 25.7 Å². The predicted octanol–water partition coefficient (Wildman–Crippen LogP) is 6.83. The molecule has 5 rings (SSSR count). The summed E-state index contributed by atoms with van der Waals surface area (Å²) < 4.78 is 26.7. The van der Waals surface area contributed by atoms with E-state index in [0.29, 0.717) is 78.3 Å². The molecule has 8 bridgehead atoms. The highest BCUT2D eigenvalue weighted by atomic mass is 16.5. The van der Waals surface area contributed by atoms with Crippen LogP contribution < -0.4 is 41.9 Å². The summed E-state index contributed by atoms with van der Waals surface area (Å²) in [6.07, 6.45) is 9.95. The molecule has 4 aromatic rings. The molecule has 1 aliphatic rings. The van der Waals surface area contributed by atoms with Gasteiger partial charge in [-0.05, 0) is 122 Å². The summed E-state index contributed by atoms with van der Waals surface area (Å²) in [4.78, 5) is 0. The molecule has 1 aliphatic carbocycles. The van der Waals surface area contributed by atoms with Crippen molar-refractivity contribution in [2.45, 2.75) is 77.0 Å². The number of rotatable bonds is 20. The van der Waals surface area contributed by atoms with Crippen molar-refractivity contribution >= 4 is 0 Å². The third kappa shape index (κ3) is 11.0. The van der Waals surface area contributed by atoms with E-state index >= 15 is 0 Å². The number of fused-ring (bicyclic) bond motifs is 8. The molecular formula is C44H60N4O4. The molecule has 0 spiro atoms. The Hall–Kier alpha value is -4.08. The summed E-state index contributed by atoms with van der Waals surface area (Å²) in [6.45, 7) is 5.02. The van der Waals surface area contributed by atoms with Crippen molar-refractivity contribution in [2.24, 2.45) is 22.9 Å². The van der Waals surface area contributed by atoms with E-state index in [-0.39, 0.29) is 0 Å². The number of hydrogen-bond acceptors (Lipinski definition) is 8. The summed E-state index contributed by atoms with van der Waals surface area (Å²) in [7, 11) is 0. The Bertz CT molecular complexity index is 1350. The second kappa shape index (κ2) is 21.4. The third-order valence-electron chi connectivity index (χ3n) is 9.62. The average Bonchev–Trinajstić information content (AvgIpc) is 3.15. The summed E-state index contributed by atoms with van der Waals surface area (Å²) in [5.41, 5.74) is 32.5. The molecule has 4 aromatic carbocycles. The molecule has 0 aliphatic heterocycles. The van der Waals surface area contributed by atoms with Gasteiger partial charge in [0.15, 0.2) is 0 Å². The number of unbranched alkanes of at least 4 members (excludes halogenated alkanes) is 4. The molecule has 280 valence electrons. The van der Waals surface area contributed by atoms with E-state index in [2.05, 4.69) is 72.8 Å². The second-order valence-electron chi connectivity index (χ2n) is 13.7. The van der Waals surface area contributed by atoms with Crippen molar-refractivity contribution in [3.05, 3.63) is 117 Å². The van der Waals surface area contributed by atoms with Crippen molar-refractivity contribution in [1.82, 2.24) is 0 Å². The Morgan fingerprint density at radius 3 is 0.673 bits per heavy atom. The van der Waals surface area contributed by atoms with Gasteiger partial charge < -0.3 is 41.9 Å². The van der Waals surface area contributed by atoms with Crippen LogP contribution in [0, 0.1) is 0 Å². The van der Waals surface area contributed by atoms with Crippen molar-refractivity contribution in [3.63, 3.8) is 0 Å². The fourth-order valence-electron chi connectivity index (χ4n) is 6.91. The normalized spacial score (nSPS) is 12.4. The van der Waals surface area contributed by atoms with Gasteiger partial charge in [0.2, 0.25) is 0 Å². The maximum atomic E-state index is 6.68. The zero-order valence-electron chi connectivity index (χ0n) is 31.0. The van der Waals surface area contributed by atoms with E-state index in [0.717, 1.165) is 119 Å². The Labute approximate surface area is 311 Å². The molecule has 0 heterocycles. The molecule has 0 aromatic heterocycles. The second-order valence-corrected chi connectivity index (χ2v) is 13.7. The van der Waals surface area contributed by atoms with Crippen LogP contribution in [0.5, 0.6) is 23.0 Å². The number of nitrogens with two attached hydrogens (primary N) is 4. The molecule has 8 nitrogen and oxygen atoms in total. The minimum Gasteiger partial charge on any atom is -0.493 e. The van der Waals surface area contributed by atoms with E-state index in [4.69, 9.17) is 41.9 Å². The third-order valence-corrected chi connectivity index (χ3v) is 9.62. The van der Waals surface area contributed by atoms with Gasteiger partial charge in [0.25, 0.3) is 0 Å². The van der Waals surface area contributed by atoms with Gasteiger partial charge in [-0.1, -0.05) is 72.8 Å². The van der Waals surface area contributed by atoms with Crippen molar-refractivity contribution in [3.8, 4) is 23.0 Å². The van der Waals surface area contributed by atoms with Gasteiger partial charge >= 0.3 is 0 Å². The zero-order valence-corrected chi connectivity index (χ0v) is 31.0. The van der Waals surface area contributed by atoms with Crippen LogP contribution in [0.2, 0.25) is 0 Å². The van der Waals surface area contributed by atoms with E-state index in [1.165, 1.54) is 0 Å². The van der Waals surface area contributed by atoms with Crippen LogP contribution in [-0.4, -0.2) is 52.6 Å². The Morgan fingerprint density at radius 1 is 0.308 bits per heavy atom. The van der Waals surface area contributed by atoms with Crippen LogP contribution >= 0.6 is 0 Å². The van der Waals surface area contributed by atoms with Crippen LogP contribution in [0.25, 0.3) is 0 Å². The number of para-hydroxylation sites is 4. The minimum absolute atomic E-state index is 0.606. The van der Waals surface area contributed by atoms with Gasteiger partial charge in [-0.15, -0.1) is 0 Å². The molecule has 0 amide bonds. The number of benzene rings is 4. The quantitative estimate of drug-likeness (QED) is 0.0645. The van der Waals surface area contributed by atoms with E-state index < -0.39 is 0 Å². The van der Waals surface area contributed by atoms with Crippen LogP contribution in [-0.2, 0) is 25.7 Å². The fraction of sp³-hybridized carbons (Fsp3) is 0.455. The first-order valence-electron chi connectivity index (χ1n) is 19.4. The summed E-state index contributed by atoms with van der Waals surface area (Å²) in [5, 5.41) is 0.